The van der Waals surface area contributed by atoms with Crippen LogP contribution in [-0.4, -0.2) is 72.9 Å². The van der Waals surface area contributed by atoms with Crippen LogP contribution < -0.4 is 0 Å². The highest BCUT2D eigenvalue weighted by molar-refractivity contribution is 6.43. The van der Waals surface area contributed by atoms with Crippen LogP contribution in [0.5, 0.6) is 0 Å². The average molecular weight is 361 g/mol. The highest BCUT2D eigenvalue weighted by atomic mass is 35.5. The van der Waals surface area contributed by atoms with Gasteiger partial charge in [0.1, 0.15) is 0 Å². The number of hydrogen-bond donors (Lipinski definition) is 1. The van der Waals surface area contributed by atoms with Crippen LogP contribution >= 0.6 is 23.2 Å². The Bertz CT molecular complexity index is 534. The highest BCUT2D eigenvalue weighted by Crippen LogP contribution is 2.26. The number of carbonyl (C=O) groups excluding carboxylic acids is 1. The molecular formula is C16H22Cl2N2O3. The van der Waals surface area contributed by atoms with E-state index in [-0.39, 0.29) is 5.91 Å². The van der Waals surface area contributed by atoms with E-state index < -0.39 is 6.10 Å². The molecule has 1 aliphatic rings. The first kappa shape index (κ1) is 18.5. The van der Waals surface area contributed by atoms with Gasteiger partial charge in [-0.25, -0.2) is 0 Å². The van der Waals surface area contributed by atoms with Gasteiger partial charge in [-0.3, -0.25) is 9.69 Å². The minimum Gasteiger partial charge on any atom is -0.389 e. The number of rotatable bonds is 6. The highest BCUT2D eigenvalue weighted by Gasteiger charge is 2.25. The Morgan fingerprint density at radius 1 is 1.30 bits per heavy atom. The first-order valence-electron chi connectivity index (χ1n) is 7.74. The quantitative estimate of drug-likeness (QED) is 0.844. The number of benzene rings is 1. The SMILES string of the molecule is CCOCC(O)CN1CCN(C(=O)c2cccc(Cl)c2Cl)CC1. The summed E-state index contributed by atoms with van der Waals surface area (Å²) in [7, 11) is 0. The lowest BCUT2D eigenvalue weighted by molar-refractivity contribution is 0.0111. The van der Waals surface area contributed by atoms with Crippen molar-refractivity contribution in [2.75, 3.05) is 45.9 Å². The van der Waals surface area contributed by atoms with Crippen molar-refractivity contribution in [3.63, 3.8) is 0 Å². The Balaban J connectivity index is 1.86. The standard InChI is InChI=1S/C16H22Cl2N2O3/c1-2-23-11-12(21)10-19-6-8-20(9-7-19)16(22)13-4-3-5-14(17)15(13)18/h3-5,12,21H,2,6-11H2,1H3. The number of ether oxygens (including phenoxy) is 1. The average Bonchev–Trinajstić information content (AvgIpc) is 2.55. The molecule has 1 aromatic carbocycles. The van der Waals surface area contributed by atoms with Crippen molar-refractivity contribution in [3.05, 3.63) is 33.8 Å². The first-order valence-corrected chi connectivity index (χ1v) is 8.50. The van der Waals surface area contributed by atoms with Gasteiger partial charge in [0.2, 0.25) is 0 Å². The third-order valence-electron chi connectivity index (χ3n) is 3.82. The van der Waals surface area contributed by atoms with E-state index in [1.807, 2.05) is 6.92 Å². The van der Waals surface area contributed by atoms with Gasteiger partial charge in [0.05, 0.1) is 28.3 Å². The Morgan fingerprint density at radius 3 is 2.65 bits per heavy atom. The molecule has 1 heterocycles. The van der Waals surface area contributed by atoms with Crippen molar-refractivity contribution in [2.24, 2.45) is 0 Å². The van der Waals surface area contributed by atoms with Gasteiger partial charge in [0.25, 0.3) is 5.91 Å². The smallest absolute Gasteiger partial charge is 0.255 e. The van der Waals surface area contributed by atoms with E-state index in [2.05, 4.69) is 4.90 Å². The summed E-state index contributed by atoms with van der Waals surface area (Å²) in [6.07, 6.45) is -0.500. The molecule has 1 N–H and O–H groups in total. The molecule has 1 aliphatic heterocycles. The normalized spacial score (nSPS) is 17.3. The second-order valence-electron chi connectivity index (χ2n) is 5.51. The largest absolute Gasteiger partial charge is 0.389 e. The zero-order valence-corrected chi connectivity index (χ0v) is 14.7. The molecule has 1 unspecified atom stereocenters. The molecule has 0 radical (unpaired) electrons. The van der Waals surface area contributed by atoms with Crippen LogP contribution in [0.2, 0.25) is 10.0 Å². The summed E-state index contributed by atoms with van der Waals surface area (Å²) in [5, 5.41) is 10.6. The lowest BCUT2D eigenvalue weighted by atomic mass is 10.1. The number of aliphatic hydroxyl groups is 1. The minimum atomic E-state index is -0.500. The molecule has 1 saturated heterocycles. The molecule has 23 heavy (non-hydrogen) atoms. The summed E-state index contributed by atoms with van der Waals surface area (Å²) in [5.41, 5.74) is 0.434. The molecule has 2 rings (SSSR count). The Labute approximate surface area is 146 Å². The zero-order valence-electron chi connectivity index (χ0n) is 13.2. The van der Waals surface area contributed by atoms with E-state index in [0.29, 0.717) is 61.5 Å². The molecule has 7 heteroatoms. The molecular weight excluding hydrogens is 339 g/mol. The predicted molar refractivity (Wildman–Crippen MR) is 91.3 cm³/mol. The molecule has 1 fully saturated rings. The van der Waals surface area contributed by atoms with Crippen LogP contribution in [0, 0.1) is 0 Å². The third-order valence-corrected chi connectivity index (χ3v) is 4.64. The lowest BCUT2D eigenvalue weighted by Crippen LogP contribution is -2.50. The molecule has 128 valence electrons. The number of nitrogens with zero attached hydrogens (tertiary/aromatic N) is 2. The topological polar surface area (TPSA) is 53.0 Å². The van der Waals surface area contributed by atoms with E-state index >= 15 is 0 Å². The summed E-state index contributed by atoms with van der Waals surface area (Å²) in [5.74, 6) is -0.105. The van der Waals surface area contributed by atoms with E-state index in [1.165, 1.54) is 0 Å². The summed E-state index contributed by atoms with van der Waals surface area (Å²) in [4.78, 5) is 16.4. The number of hydrogen-bond acceptors (Lipinski definition) is 4. The van der Waals surface area contributed by atoms with E-state index in [1.54, 1.807) is 23.1 Å². The van der Waals surface area contributed by atoms with Gasteiger partial charge in [0, 0.05) is 39.3 Å². The van der Waals surface area contributed by atoms with Crippen molar-refractivity contribution in [2.45, 2.75) is 13.0 Å². The van der Waals surface area contributed by atoms with Gasteiger partial charge in [-0.2, -0.15) is 0 Å². The Morgan fingerprint density at radius 2 is 2.00 bits per heavy atom. The molecule has 0 bridgehead atoms. The molecule has 0 spiro atoms. The number of carbonyl (C=O) groups is 1. The zero-order chi connectivity index (χ0) is 16.8. The fourth-order valence-corrected chi connectivity index (χ4v) is 2.96. The maximum Gasteiger partial charge on any atom is 0.255 e. The number of aliphatic hydroxyl groups excluding tert-OH is 1. The minimum absolute atomic E-state index is 0.105. The second kappa shape index (κ2) is 8.85. The van der Waals surface area contributed by atoms with Crippen LogP contribution in [0.25, 0.3) is 0 Å². The number of β-amino-alcohol motifs (C(OH)–C–C–N with tert-alkyl or cyclic N) is 1. The van der Waals surface area contributed by atoms with Gasteiger partial charge in [-0.05, 0) is 19.1 Å². The fraction of sp³-hybridized carbons (Fsp3) is 0.562. The lowest BCUT2D eigenvalue weighted by Gasteiger charge is -2.35. The van der Waals surface area contributed by atoms with Crippen molar-refractivity contribution in [1.29, 1.82) is 0 Å². The molecule has 0 saturated carbocycles. The van der Waals surface area contributed by atoms with E-state index in [9.17, 15) is 9.90 Å². The van der Waals surface area contributed by atoms with Crippen molar-refractivity contribution >= 4 is 29.1 Å². The predicted octanol–water partition coefficient (Wildman–Crippen LogP) is 2.15. The van der Waals surface area contributed by atoms with Crippen LogP contribution in [0.3, 0.4) is 0 Å². The van der Waals surface area contributed by atoms with Gasteiger partial charge in [-0.1, -0.05) is 29.3 Å². The van der Waals surface area contributed by atoms with Crippen LogP contribution in [0.15, 0.2) is 18.2 Å². The molecule has 1 amide bonds. The van der Waals surface area contributed by atoms with Gasteiger partial charge in [-0.15, -0.1) is 0 Å². The summed E-state index contributed by atoms with van der Waals surface area (Å²) in [6, 6.07) is 5.08. The van der Waals surface area contributed by atoms with Crippen molar-refractivity contribution in [1.82, 2.24) is 9.80 Å². The number of halogens is 2. The van der Waals surface area contributed by atoms with Crippen LogP contribution in [0.1, 0.15) is 17.3 Å². The monoisotopic (exact) mass is 360 g/mol. The number of piperazine rings is 1. The van der Waals surface area contributed by atoms with Crippen LogP contribution in [-0.2, 0) is 4.74 Å². The third kappa shape index (κ3) is 5.06. The summed E-state index contributed by atoms with van der Waals surface area (Å²) < 4.78 is 5.21. The molecule has 0 aliphatic carbocycles. The fourth-order valence-electron chi connectivity index (χ4n) is 2.58. The summed E-state index contributed by atoms with van der Waals surface area (Å²) in [6.45, 7) is 6.03. The molecule has 1 atom stereocenters. The molecule has 1 aromatic rings. The summed E-state index contributed by atoms with van der Waals surface area (Å²) >= 11 is 12.1. The molecule has 5 nitrogen and oxygen atoms in total. The second-order valence-corrected chi connectivity index (χ2v) is 6.29. The van der Waals surface area contributed by atoms with Crippen LogP contribution in [0.4, 0.5) is 0 Å². The van der Waals surface area contributed by atoms with Gasteiger partial charge in [0.15, 0.2) is 0 Å². The Hall–Kier alpha value is -0.850. The van der Waals surface area contributed by atoms with Gasteiger partial charge < -0.3 is 14.7 Å². The first-order chi connectivity index (χ1) is 11.0. The van der Waals surface area contributed by atoms with E-state index in [4.69, 9.17) is 27.9 Å². The van der Waals surface area contributed by atoms with Crippen molar-refractivity contribution in [3.8, 4) is 0 Å². The Kier molecular flexibility index (Phi) is 7.11. The molecule has 0 aromatic heterocycles. The maximum absolute atomic E-state index is 12.5. The van der Waals surface area contributed by atoms with E-state index in [0.717, 1.165) is 0 Å². The van der Waals surface area contributed by atoms with Gasteiger partial charge >= 0.3 is 0 Å². The maximum atomic E-state index is 12.5. The number of amides is 1. The van der Waals surface area contributed by atoms with Crippen molar-refractivity contribution < 1.29 is 14.6 Å².